The Balaban J connectivity index is 1.72. The maximum absolute atomic E-state index is 12.2. The summed E-state index contributed by atoms with van der Waals surface area (Å²) in [5, 5.41) is 4.31. The quantitative estimate of drug-likeness (QED) is 0.461. The van der Waals surface area contributed by atoms with Gasteiger partial charge in [0.15, 0.2) is 34.4 Å². The zero-order valence-corrected chi connectivity index (χ0v) is 17.5. The maximum Gasteiger partial charge on any atom is 0.195 e. The molecule has 5 rings (SSSR count). The molecule has 1 fully saturated rings. The topological polar surface area (TPSA) is 91.0 Å². The molecular weight excluding hydrogens is 394 g/mol. The zero-order valence-electron chi connectivity index (χ0n) is 17.5. The Bertz CT molecular complexity index is 1240. The standard InChI is InChI=1S/C22H23N7O2/c1-3-28-20(15(2)30)24-18-21(27-10-12-31-13-11-27)25-19(26-22(18)28)16-6-4-7-17(14-16)29-9-5-8-23-29/h4-9,14H,3,10-13H2,1-2H3. The number of ether oxygens (including phenoxy) is 1. The number of rotatable bonds is 5. The Hall–Kier alpha value is -3.59. The average molecular weight is 417 g/mol. The second-order valence-corrected chi connectivity index (χ2v) is 7.38. The van der Waals surface area contributed by atoms with Gasteiger partial charge in [0.05, 0.1) is 18.9 Å². The molecule has 4 heterocycles. The fourth-order valence-electron chi connectivity index (χ4n) is 3.89. The third kappa shape index (κ3) is 3.46. The van der Waals surface area contributed by atoms with Gasteiger partial charge in [0.1, 0.15) is 0 Å². The minimum atomic E-state index is -0.0880. The summed E-state index contributed by atoms with van der Waals surface area (Å²) < 4.78 is 9.18. The molecule has 9 nitrogen and oxygen atoms in total. The van der Waals surface area contributed by atoms with E-state index in [0.717, 1.165) is 17.1 Å². The van der Waals surface area contributed by atoms with Gasteiger partial charge >= 0.3 is 0 Å². The van der Waals surface area contributed by atoms with Crippen molar-refractivity contribution in [3.05, 3.63) is 48.5 Å². The van der Waals surface area contributed by atoms with Gasteiger partial charge in [0, 0.05) is 44.5 Å². The van der Waals surface area contributed by atoms with Gasteiger partial charge in [0.25, 0.3) is 0 Å². The van der Waals surface area contributed by atoms with E-state index < -0.39 is 0 Å². The molecule has 1 saturated heterocycles. The summed E-state index contributed by atoms with van der Waals surface area (Å²) in [5.74, 6) is 1.65. The largest absolute Gasteiger partial charge is 0.378 e. The summed E-state index contributed by atoms with van der Waals surface area (Å²) in [4.78, 5) is 28.8. The first-order valence-corrected chi connectivity index (χ1v) is 10.4. The Morgan fingerprint density at radius 3 is 2.68 bits per heavy atom. The number of benzene rings is 1. The molecule has 158 valence electrons. The molecule has 1 aliphatic heterocycles. The highest BCUT2D eigenvalue weighted by Gasteiger charge is 2.24. The molecule has 0 amide bonds. The molecule has 1 aromatic carbocycles. The van der Waals surface area contributed by atoms with Gasteiger partial charge in [-0.1, -0.05) is 12.1 Å². The molecule has 9 heteroatoms. The Morgan fingerprint density at radius 2 is 1.97 bits per heavy atom. The van der Waals surface area contributed by atoms with E-state index >= 15 is 0 Å². The van der Waals surface area contributed by atoms with E-state index in [4.69, 9.17) is 14.7 Å². The van der Waals surface area contributed by atoms with Crippen molar-refractivity contribution in [2.75, 3.05) is 31.2 Å². The van der Waals surface area contributed by atoms with Gasteiger partial charge in [-0.25, -0.2) is 19.6 Å². The zero-order chi connectivity index (χ0) is 21.4. The van der Waals surface area contributed by atoms with Crippen LogP contribution in [-0.2, 0) is 11.3 Å². The molecule has 4 aromatic rings. The van der Waals surface area contributed by atoms with Gasteiger partial charge in [0.2, 0.25) is 0 Å². The maximum atomic E-state index is 12.2. The monoisotopic (exact) mass is 417 g/mol. The molecule has 0 aliphatic carbocycles. The summed E-state index contributed by atoms with van der Waals surface area (Å²) in [6.45, 7) is 6.80. The van der Waals surface area contributed by atoms with Crippen LogP contribution < -0.4 is 4.90 Å². The average Bonchev–Trinajstić information content (AvgIpc) is 3.47. The molecule has 3 aromatic heterocycles. The number of carbonyl (C=O) groups excluding carboxylic acids is 1. The van der Waals surface area contributed by atoms with Crippen LogP contribution in [0.4, 0.5) is 5.82 Å². The third-order valence-corrected chi connectivity index (χ3v) is 5.39. The molecule has 0 atom stereocenters. The van der Waals surface area contributed by atoms with Crippen LogP contribution in [-0.4, -0.2) is 61.4 Å². The van der Waals surface area contributed by atoms with Crippen LogP contribution in [0.15, 0.2) is 42.7 Å². The summed E-state index contributed by atoms with van der Waals surface area (Å²) in [5.41, 5.74) is 3.12. The first kappa shape index (κ1) is 19.4. The van der Waals surface area contributed by atoms with E-state index in [1.807, 2.05) is 48.0 Å². The number of aromatic nitrogens is 6. The van der Waals surface area contributed by atoms with Crippen LogP contribution >= 0.6 is 0 Å². The first-order chi connectivity index (χ1) is 15.2. The molecule has 0 bridgehead atoms. The van der Waals surface area contributed by atoms with Crippen LogP contribution in [0.25, 0.3) is 28.2 Å². The van der Waals surface area contributed by atoms with Crippen molar-refractivity contribution in [2.45, 2.75) is 20.4 Å². The van der Waals surface area contributed by atoms with Crippen molar-refractivity contribution >= 4 is 22.8 Å². The van der Waals surface area contributed by atoms with E-state index in [0.29, 0.717) is 55.7 Å². The number of aryl methyl sites for hydroxylation is 1. The van der Waals surface area contributed by atoms with E-state index in [-0.39, 0.29) is 5.78 Å². The van der Waals surface area contributed by atoms with Crippen LogP contribution in [0.5, 0.6) is 0 Å². The van der Waals surface area contributed by atoms with Gasteiger partial charge in [-0.15, -0.1) is 0 Å². The number of fused-ring (bicyclic) bond motifs is 1. The highest BCUT2D eigenvalue weighted by molar-refractivity contribution is 5.96. The van der Waals surface area contributed by atoms with Crippen molar-refractivity contribution in [1.82, 2.24) is 29.3 Å². The highest BCUT2D eigenvalue weighted by atomic mass is 16.5. The van der Waals surface area contributed by atoms with E-state index in [9.17, 15) is 4.79 Å². The van der Waals surface area contributed by atoms with Gasteiger partial charge in [-0.05, 0) is 25.1 Å². The number of morpholine rings is 1. The highest BCUT2D eigenvalue weighted by Crippen LogP contribution is 2.29. The molecule has 0 spiro atoms. The van der Waals surface area contributed by atoms with Crippen molar-refractivity contribution < 1.29 is 9.53 Å². The van der Waals surface area contributed by atoms with Crippen LogP contribution in [0.3, 0.4) is 0 Å². The lowest BCUT2D eigenvalue weighted by Gasteiger charge is -2.28. The predicted octanol–water partition coefficient (Wildman–Crippen LogP) is 2.74. The van der Waals surface area contributed by atoms with Crippen molar-refractivity contribution in [1.29, 1.82) is 0 Å². The fraction of sp³-hybridized carbons (Fsp3) is 0.318. The number of hydrogen-bond acceptors (Lipinski definition) is 7. The first-order valence-electron chi connectivity index (χ1n) is 10.4. The van der Waals surface area contributed by atoms with Crippen molar-refractivity contribution in [3.63, 3.8) is 0 Å². The summed E-state index contributed by atoms with van der Waals surface area (Å²) >= 11 is 0. The number of anilines is 1. The predicted molar refractivity (Wildman–Crippen MR) is 117 cm³/mol. The lowest BCUT2D eigenvalue weighted by atomic mass is 10.2. The minimum absolute atomic E-state index is 0.0880. The summed E-state index contributed by atoms with van der Waals surface area (Å²) in [7, 11) is 0. The number of hydrogen-bond donors (Lipinski definition) is 0. The number of ketones is 1. The second-order valence-electron chi connectivity index (χ2n) is 7.38. The normalized spacial score (nSPS) is 14.3. The lowest BCUT2D eigenvalue weighted by Crippen LogP contribution is -2.37. The van der Waals surface area contributed by atoms with E-state index in [1.165, 1.54) is 6.92 Å². The van der Waals surface area contributed by atoms with Gasteiger partial charge in [-0.2, -0.15) is 5.10 Å². The summed E-state index contributed by atoms with van der Waals surface area (Å²) in [6.07, 6.45) is 3.64. The van der Waals surface area contributed by atoms with E-state index in [1.54, 1.807) is 10.9 Å². The third-order valence-electron chi connectivity index (χ3n) is 5.39. The number of imidazole rings is 1. The number of carbonyl (C=O) groups is 1. The molecule has 31 heavy (non-hydrogen) atoms. The van der Waals surface area contributed by atoms with Crippen LogP contribution in [0, 0.1) is 0 Å². The molecule has 0 saturated carbocycles. The van der Waals surface area contributed by atoms with Crippen LogP contribution in [0.1, 0.15) is 24.5 Å². The molecular formula is C22H23N7O2. The van der Waals surface area contributed by atoms with E-state index in [2.05, 4.69) is 15.0 Å². The van der Waals surface area contributed by atoms with Crippen molar-refractivity contribution in [3.8, 4) is 17.1 Å². The molecule has 0 N–H and O–H groups in total. The SMILES string of the molecule is CCn1c(C(C)=O)nc2c(N3CCOCC3)nc(-c3cccc(-n4cccn4)c3)nc21. The lowest BCUT2D eigenvalue weighted by molar-refractivity contribution is 0.1000. The molecule has 1 aliphatic rings. The Morgan fingerprint density at radius 1 is 1.13 bits per heavy atom. The van der Waals surface area contributed by atoms with Gasteiger partial charge < -0.3 is 14.2 Å². The van der Waals surface area contributed by atoms with Crippen molar-refractivity contribution in [2.24, 2.45) is 0 Å². The summed E-state index contributed by atoms with van der Waals surface area (Å²) in [6, 6.07) is 9.83. The Labute approximate surface area is 179 Å². The molecule has 0 unspecified atom stereocenters. The number of Topliss-reactive ketones (excluding diaryl/α,β-unsaturated/α-hetero) is 1. The minimum Gasteiger partial charge on any atom is -0.378 e. The smallest absolute Gasteiger partial charge is 0.195 e. The molecule has 0 radical (unpaired) electrons. The number of nitrogens with zero attached hydrogens (tertiary/aromatic N) is 7. The second kappa shape index (κ2) is 7.92. The Kier molecular flexibility index (Phi) is 4.95. The van der Waals surface area contributed by atoms with Gasteiger partial charge in [-0.3, -0.25) is 4.79 Å². The fourth-order valence-corrected chi connectivity index (χ4v) is 3.89. The van der Waals surface area contributed by atoms with Crippen LogP contribution in [0.2, 0.25) is 0 Å².